The molecule has 0 atom stereocenters. The molecule has 0 N–H and O–H groups in total. The lowest BCUT2D eigenvalue weighted by Crippen LogP contribution is -2.46. The zero-order chi connectivity index (χ0) is 17.9. The number of piperazine rings is 1. The van der Waals surface area contributed by atoms with Crippen LogP contribution in [-0.4, -0.2) is 42.6 Å². The monoisotopic (exact) mass is 353 g/mol. The Kier molecular flexibility index (Phi) is 5.21. The second-order valence-corrected chi connectivity index (χ2v) is 7.44. The first-order chi connectivity index (χ1) is 12.7. The van der Waals surface area contributed by atoms with Crippen molar-refractivity contribution in [2.75, 3.05) is 37.6 Å². The summed E-state index contributed by atoms with van der Waals surface area (Å²) in [7, 11) is 0. The van der Waals surface area contributed by atoms with Gasteiger partial charge in [-0.1, -0.05) is 13.3 Å². The third kappa shape index (κ3) is 3.61. The number of benzene rings is 1. The summed E-state index contributed by atoms with van der Waals surface area (Å²) < 4.78 is 13.3. The second-order valence-electron chi connectivity index (χ2n) is 7.44. The van der Waals surface area contributed by atoms with E-state index in [1.165, 1.54) is 48.3 Å². The van der Waals surface area contributed by atoms with Gasteiger partial charge in [0.2, 0.25) is 0 Å². The van der Waals surface area contributed by atoms with Crippen LogP contribution in [0.25, 0.3) is 11.3 Å². The third-order valence-electron chi connectivity index (χ3n) is 5.83. The van der Waals surface area contributed by atoms with Crippen molar-refractivity contribution in [3.63, 3.8) is 0 Å². The summed E-state index contributed by atoms with van der Waals surface area (Å²) in [6.07, 6.45) is 5.95. The molecule has 0 spiro atoms. The van der Waals surface area contributed by atoms with E-state index < -0.39 is 0 Å². The van der Waals surface area contributed by atoms with E-state index in [2.05, 4.69) is 22.8 Å². The van der Waals surface area contributed by atoms with Crippen LogP contribution in [0.2, 0.25) is 0 Å². The van der Waals surface area contributed by atoms with Crippen molar-refractivity contribution in [3.05, 3.63) is 47.4 Å². The molecule has 1 aliphatic heterocycles. The number of hydrogen-bond acceptors (Lipinski definition) is 3. The molecule has 0 radical (unpaired) electrons. The summed E-state index contributed by atoms with van der Waals surface area (Å²) in [6, 6.07) is 9.00. The van der Waals surface area contributed by atoms with E-state index in [1.807, 2.05) is 12.1 Å². The lowest BCUT2D eigenvalue weighted by molar-refractivity contribution is 0.271. The summed E-state index contributed by atoms with van der Waals surface area (Å²) >= 11 is 0. The standard InChI is InChI=1S/C22H28FN3/c1-2-25-12-14-26(15-13-25)22-16-21(17-8-10-18(23)11-9-17)24-20-7-5-3-4-6-19(20)22/h8-11,16H,2-7,12-15H2,1H3. The Balaban J connectivity index is 1.73. The molecule has 2 aliphatic rings. The van der Waals surface area contributed by atoms with Gasteiger partial charge in [0, 0.05) is 43.1 Å². The van der Waals surface area contributed by atoms with Gasteiger partial charge < -0.3 is 9.80 Å². The molecule has 1 aromatic heterocycles. The Labute approximate surface area is 155 Å². The van der Waals surface area contributed by atoms with Crippen LogP contribution >= 0.6 is 0 Å². The summed E-state index contributed by atoms with van der Waals surface area (Å²) in [5, 5.41) is 0. The van der Waals surface area contributed by atoms with Crippen molar-refractivity contribution >= 4 is 5.69 Å². The third-order valence-corrected chi connectivity index (χ3v) is 5.83. The summed E-state index contributed by atoms with van der Waals surface area (Å²) in [5.41, 5.74) is 6.08. The molecule has 0 unspecified atom stereocenters. The van der Waals surface area contributed by atoms with Gasteiger partial charge in [-0.3, -0.25) is 4.98 Å². The molecule has 2 heterocycles. The molecule has 0 bridgehead atoms. The molecule has 26 heavy (non-hydrogen) atoms. The van der Waals surface area contributed by atoms with E-state index in [4.69, 9.17) is 4.98 Å². The van der Waals surface area contributed by atoms with Gasteiger partial charge in [-0.05, 0) is 68.1 Å². The topological polar surface area (TPSA) is 19.4 Å². The van der Waals surface area contributed by atoms with Crippen molar-refractivity contribution in [3.8, 4) is 11.3 Å². The first-order valence-corrected chi connectivity index (χ1v) is 10.0. The minimum atomic E-state index is -0.195. The molecule has 3 nitrogen and oxygen atoms in total. The Morgan fingerprint density at radius 1 is 0.962 bits per heavy atom. The molecule has 2 aromatic rings. The number of pyridine rings is 1. The quantitative estimate of drug-likeness (QED) is 0.767. The smallest absolute Gasteiger partial charge is 0.123 e. The Hall–Kier alpha value is -1.94. The van der Waals surface area contributed by atoms with Crippen molar-refractivity contribution in [1.82, 2.24) is 9.88 Å². The fourth-order valence-electron chi connectivity index (χ4n) is 4.22. The Bertz CT molecular complexity index is 749. The fraction of sp³-hybridized carbons (Fsp3) is 0.500. The molecule has 1 fully saturated rings. The molecule has 0 amide bonds. The second kappa shape index (κ2) is 7.75. The predicted molar refractivity (Wildman–Crippen MR) is 105 cm³/mol. The van der Waals surface area contributed by atoms with E-state index in [-0.39, 0.29) is 5.82 Å². The SMILES string of the molecule is CCN1CCN(c2cc(-c3ccc(F)cc3)nc3c2CCCCC3)CC1. The number of halogens is 1. The summed E-state index contributed by atoms with van der Waals surface area (Å²) in [4.78, 5) is 10.1. The lowest BCUT2D eigenvalue weighted by atomic mass is 10.0. The van der Waals surface area contributed by atoms with Crippen molar-refractivity contribution in [2.24, 2.45) is 0 Å². The highest BCUT2D eigenvalue weighted by molar-refractivity contribution is 5.68. The van der Waals surface area contributed by atoms with Gasteiger partial charge in [-0.15, -0.1) is 0 Å². The number of nitrogens with zero attached hydrogens (tertiary/aromatic N) is 3. The normalized spacial score (nSPS) is 18.5. The van der Waals surface area contributed by atoms with Crippen LogP contribution in [0, 0.1) is 5.82 Å². The Morgan fingerprint density at radius 2 is 1.69 bits per heavy atom. The Morgan fingerprint density at radius 3 is 2.42 bits per heavy atom. The van der Waals surface area contributed by atoms with Gasteiger partial charge in [0.1, 0.15) is 5.82 Å². The molecular formula is C22H28FN3. The minimum Gasteiger partial charge on any atom is -0.369 e. The van der Waals surface area contributed by atoms with Crippen molar-refractivity contribution in [2.45, 2.75) is 39.0 Å². The van der Waals surface area contributed by atoms with Crippen molar-refractivity contribution < 1.29 is 4.39 Å². The first kappa shape index (κ1) is 17.5. The van der Waals surface area contributed by atoms with Crippen LogP contribution in [-0.2, 0) is 12.8 Å². The molecule has 1 aromatic carbocycles. The average molecular weight is 353 g/mol. The van der Waals surface area contributed by atoms with E-state index in [0.717, 1.165) is 56.8 Å². The van der Waals surface area contributed by atoms with Crippen LogP contribution in [0.15, 0.2) is 30.3 Å². The molecule has 1 aliphatic carbocycles. The van der Waals surface area contributed by atoms with Crippen LogP contribution in [0.3, 0.4) is 0 Å². The van der Waals surface area contributed by atoms with E-state index in [9.17, 15) is 4.39 Å². The highest BCUT2D eigenvalue weighted by atomic mass is 19.1. The van der Waals surface area contributed by atoms with Gasteiger partial charge in [-0.25, -0.2) is 4.39 Å². The molecule has 138 valence electrons. The number of aromatic nitrogens is 1. The maximum absolute atomic E-state index is 13.3. The average Bonchev–Trinajstić information content (AvgIpc) is 2.93. The van der Waals surface area contributed by atoms with Crippen LogP contribution in [0.4, 0.5) is 10.1 Å². The largest absolute Gasteiger partial charge is 0.369 e. The maximum atomic E-state index is 13.3. The number of likely N-dealkylation sites (N-methyl/N-ethyl adjacent to an activating group) is 1. The molecule has 4 heteroatoms. The summed E-state index contributed by atoms with van der Waals surface area (Å²) in [6.45, 7) is 7.77. The lowest BCUT2D eigenvalue weighted by Gasteiger charge is -2.37. The molecule has 4 rings (SSSR count). The van der Waals surface area contributed by atoms with Gasteiger partial charge in [0.25, 0.3) is 0 Å². The number of fused-ring (bicyclic) bond motifs is 1. The number of anilines is 1. The minimum absolute atomic E-state index is 0.195. The van der Waals surface area contributed by atoms with Gasteiger partial charge in [0.15, 0.2) is 0 Å². The first-order valence-electron chi connectivity index (χ1n) is 10.0. The van der Waals surface area contributed by atoms with Crippen molar-refractivity contribution in [1.29, 1.82) is 0 Å². The van der Waals surface area contributed by atoms with Crippen LogP contribution < -0.4 is 4.90 Å². The van der Waals surface area contributed by atoms with Crippen LogP contribution in [0.1, 0.15) is 37.4 Å². The molecular weight excluding hydrogens is 325 g/mol. The fourth-order valence-corrected chi connectivity index (χ4v) is 4.22. The number of aryl methyl sites for hydroxylation is 1. The van der Waals surface area contributed by atoms with E-state index >= 15 is 0 Å². The predicted octanol–water partition coefficient (Wildman–Crippen LogP) is 4.30. The number of rotatable bonds is 3. The highest BCUT2D eigenvalue weighted by Crippen LogP contribution is 2.33. The maximum Gasteiger partial charge on any atom is 0.123 e. The summed E-state index contributed by atoms with van der Waals surface area (Å²) in [5.74, 6) is -0.195. The zero-order valence-electron chi connectivity index (χ0n) is 15.7. The highest BCUT2D eigenvalue weighted by Gasteiger charge is 2.22. The molecule has 0 saturated carbocycles. The molecule has 1 saturated heterocycles. The van der Waals surface area contributed by atoms with Gasteiger partial charge >= 0.3 is 0 Å². The number of hydrogen-bond donors (Lipinski definition) is 0. The van der Waals surface area contributed by atoms with Gasteiger partial charge in [0.05, 0.1) is 5.69 Å². The van der Waals surface area contributed by atoms with Gasteiger partial charge in [-0.2, -0.15) is 0 Å². The van der Waals surface area contributed by atoms with Crippen LogP contribution in [0.5, 0.6) is 0 Å². The van der Waals surface area contributed by atoms with E-state index in [0.29, 0.717) is 0 Å². The zero-order valence-corrected chi connectivity index (χ0v) is 15.7. The van der Waals surface area contributed by atoms with E-state index in [1.54, 1.807) is 0 Å².